The molecule has 5 rings (SSSR count). The molecule has 0 radical (unpaired) electrons. The number of carbonyl (C=O) groups excluding carboxylic acids is 1. The van der Waals surface area contributed by atoms with Gasteiger partial charge in [-0.25, -0.2) is 4.98 Å². The van der Waals surface area contributed by atoms with Crippen molar-refractivity contribution >= 4 is 28.4 Å². The number of hydrogen-bond acceptors (Lipinski definition) is 3. The third-order valence-corrected chi connectivity index (χ3v) is 5.91. The Labute approximate surface area is 177 Å². The van der Waals surface area contributed by atoms with Gasteiger partial charge in [-0.1, -0.05) is 17.7 Å². The molecular formula is C22H20ClN5O2. The van der Waals surface area contributed by atoms with Crippen LogP contribution in [0.2, 0.25) is 5.02 Å². The summed E-state index contributed by atoms with van der Waals surface area (Å²) in [7, 11) is 0. The SMILES string of the molecule is Cc1cn(-c2ccc3n(c2=O)CC(C)N(Cc2c[nH]c4cc(Cl)ccc24)C3=O)cn1. The minimum atomic E-state index is -0.188. The number of nitrogens with one attached hydrogen (secondary N) is 1. The van der Waals surface area contributed by atoms with E-state index in [-0.39, 0.29) is 17.5 Å². The standard InChI is InChI=1S/C22H20ClN5O2/c1-13-9-26(12-25-13)19-5-6-20-22(30)27(14(2)10-28(20)21(19)29)11-15-8-24-18-7-16(23)3-4-17(15)18/h3-9,12,14,24H,10-11H2,1-2H3. The number of halogens is 1. The smallest absolute Gasteiger partial charge is 0.275 e. The van der Waals surface area contributed by atoms with Crippen molar-refractivity contribution in [2.24, 2.45) is 0 Å². The number of aryl methyl sites for hydroxylation is 1. The number of amides is 1. The van der Waals surface area contributed by atoms with E-state index in [1.54, 1.807) is 33.8 Å². The van der Waals surface area contributed by atoms with Gasteiger partial charge in [0.05, 0.1) is 12.0 Å². The second-order valence-electron chi connectivity index (χ2n) is 7.73. The number of carbonyl (C=O) groups is 1. The monoisotopic (exact) mass is 421 g/mol. The predicted octanol–water partition coefficient (Wildman–Crippen LogP) is 3.52. The molecule has 30 heavy (non-hydrogen) atoms. The van der Waals surface area contributed by atoms with E-state index in [0.29, 0.717) is 29.5 Å². The van der Waals surface area contributed by atoms with Crippen molar-refractivity contribution in [1.29, 1.82) is 0 Å². The zero-order valence-electron chi connectivity index (χ0n) is 16.6. The molecule has 4 heterocycles. The van der Waals surface area contributed by atoms with Gasteiger partial charge in [-0.2, -0.15) is 0 Å². The number of aromatic amines is 1. The quantitative estimate of drug-likeness (QED) is 0.550. The first-order valence-corrected chi connectivity index (χ1v) is 10.1. The van der Waals surface area contributed by atoms with Gasteiger partial charge in [0.15, 0.2) is 0 Å². The van der Waals surface area contributed by atoms with Gasteiger partial charge in [-0.3, -0.25) is 9.59 Å². The highest BCUT2D eigenvalue weighted by Crippen LogP contribution is 2.26. The van der Waals surface area contributed by atoms with Gasteiger partial charge in [0.1, 0.15) is 11.4 Å². The Kier molecular flexibility index (Phi) is 4.29. The Morgan fingerprint density at radius 3 is 2.83 bits per heavy atom. The first-order valence-electron chi connectivity index (χ1n) is 9.73. The first kappa shape index (κ1) is 18.7. The number of nitrogens with zero attached hydrogens (tertiary/aromatic N) is 4. The van der Waals surface area contributed by atoms with E-state index in [1.165, 1.54) is 0 Å². The second kappa shape index (κ2) is 6.88. The Morgan fingerprint density at radius 1 is 1.23 bits per heavy atom. The number of H-pyrrole nitrogens is 1. The van der Waals surface area contributed by atoms with Crippen LogP contribution in [-0.2, 0) is 13.1 Å². The topological polar surface area (TPSA) is 75.9 Å². The number of imidazole rings is 1. The van der Waals surface area contributed by atoms with Crippen LogP contribution in [0.25, 0.3) is 16.6 Å². The average molecular weight is 422 g/mol. The maximum absolute atomic E-state index is 13.3. The first-order chi connectivity index (χ1) is 14.4. The van der Waals surface area contributed by atoms with Crippen molar-refractivity contribution in [3.8, 4) is 5.69 Å². The highest BCUT2D eigenvalue weighted by molar-refractivity contribution is 6.31. The molecule has 4 aromatic rings. The fourth-order valence-corrected chi connectivity index (χ4v) is 4.27. The van der Waals surface area contributed by atoms with Crippen LogP contribution in [0, 0.1) is 6.92 Å². The van der Waals surface area contributed by atoms with Crippen LogP contribution in [0.5, 0.6) is 0 Å². The molecule has 1 unspecified atom stereocenters. The molecule has 3 aromatic heterocycles. The Balaban J connectivity index is 1.50. The highest BCUT2D eigenvalue weighted by Gasteiger charge is 2.31. The lowest BCUT2D eigenvalue weighted by Crippen LogP contribution is -2.49. The molecule has 0 saturated heterocycles. The maximum Gasteiger partial charge on any atom is 0.275 e. The van der Waals surface area contributed by atoms with Crippen molar-refractivity contribution in [1.82, 2.24) is 24.0 Å². The minimum Gasteiger partial charge on any atom is -0.361 e. The van der Waals surface area contributed by atoms with E-state index >= 15 is 0 Å². The molecule has 0 fully saturated rings. The van der Waals surface area contributed by atoms with E-state index in [1.807, 2.05) is 43.1 Å². The summed E-state index contributed by atoms with van der Waals surface area (Å²) in [4.78, 5) is 35.6. The fourth-order valence-electron chi connectivity index (χ4n) is 4.09. The maximum atomic E-state index is 13.3. The molecule has 1 N–H and O–H groups in total. The molecule has 152 valence electrons. The summed E-state index contributed by atoms with van der Waals surface area (Å²) in [6.45, 7) is 4.73. The average Bonchev–Trinajstić information content (AvgIpc) is 3.32. The van der Waals surface area contributed by atoms with Crippen LogP contribution in [0.4, 0.5) is 0 Å². The van der Waals surface area contributed by atoms with Crippen molar-refractivity contribution in [3.63, 3.8) is 0 Å². The van der Waals surface area contributed by atoms with E-state index < -0.39 is 0 Å². The molecule has 0 bridgehead atoms. The lowest BCUT2D eigenvalue weighted by Gasteiger charge is -2.35. The van der Waals surface area contributed by atoms with Crippen LogP contribution in [0.15, 0.2) is 53.8 Å². The van der Waals surface area contributed by atoms with Crippen molar-refractivity contribution in [3.05, 3.63) is 81.4 Å². The van der Waals surface area contributed by atoms with Crippen LogP contribution >= 0.6 is 11.6 Å². The summed E-state index contributed by atoms with van der Waals surface area (Å²) in [5.74, 6) is -0.150. The normalized spacial score (nSPS) is 16.3. The van der Waals surface area contributed by atoms with Crippen molar-refractivity contribution in [2.45, 2.75) is 33.0 Å². The molecular weight excluding hydrogens is 402 g/mol. The zero-order valence-corrected chi connectivity index (χ0v) is 17.3. The molecule has 1 aliphatic heterocycles. The van der Waals surface area contributed by atoms with E-state index in [4.69, 9.17) is 11.6 Å². The summed E-state index contributed by atoms with van der Waals surface area (Å²) in [5, 5.41) is 1.70. The minimum absolute atomic E-state index is 0.125. The third-order valence-electron chi connectivity index (χ3n) is 5.67. The molecule has 0 spiro atoms. The number of rotatable bonds is 3. The predicted molar refractivity (Wildman–Crippen MR) is 115 cm³/mol. The van der Waals surface area contributed by atoms with Crippen LogP contribution in [0.1, 0.15) is 28.7 Å². The van der Waals surface area contributed by atoms with Crippen LogP contribution in [0.3, 0.4) is 0 Å². The van der Waals surface area contributed by atoms with Gasteiger partial charge < -0.3 is 19.0 Å². The lowest BCUT2D eigenvalue weighted by molar-refractivity contribution is 0.0591. The summed E-state index contributed by atoms with van der Waals surface area (Å²) in [6.07, 6.45) is 5.32. The molecule has 1 aromatic carbocycles. The van der Waals surface area contributed by atoms with Gasteiger partial charge in [0.25, 0.3) is 11.5 Å². The molecule has 0 aliphatic carbocycles. The van der Waals surface area contributed by atoms with E-state index in [9.17, 15) is 9.59 Å². The largest absolute Gasteiger partial charge is 0.361 e. The van der Waals surface area contributed by atoms with Gasteiger partial charge in [-0.05, 0) is 43.7 Å². The van der Waals surface area contributed by atoms with Gasteiger partial charge in [0.2, 0.25) is 0 Å². The van der Waals surface area contributed by atoms with Crippen molar-refractivity contribution < 1.29 is 4.79 Å². The molecule has 1 atom stereocenters. The molecule has 7 nitrogen and oxygen atoms in total. The number of aromatic nitrogens is 4. The summed E-state index contributed by atoms with van der Waals surface area (Å²) >= 11 is 6.07. The van der Waals surface area contributed by atoms with Gasteiger partial charge in [0, 0.05) is 47.5 Å². The summed E-state index contributed by atoms with van der Waals surface area (Å²) in [5.41, 5.74) is 3.48. The molecule has 1 aliphatic rings. The highest BCUT2D eigenvalue weighted by atomic mass is 35.5. The Hall–Kier alpha value is -3.32. The summed E-state index contributed by atoms with van der Waals surface area (Å²) < 4.78 is 3.27. The van der Waals surface area contributed by atoms with Crippen molar-refractivity contribution in [2.75, 3.05) is 0 Å². The Bertz CT molecular complexity index is 1350. The van der Waals surface area contributed by atoms with Gasteiger partial charge in [-0.15, -0.1) is 0 Å². The lowest BCUT2D eigenvalue weighted by atomic mass is 10.1. The number of pyridine rings is 1. The third kappa shape index (κ3) is 2.93. The van der Waals surface area contributed by atoms with Gasteiger partial charge >= 0.3 is 0 Å². The second-order valence-corrected chi connectivity index (χ2v) is 8.16. The zero-order chi connectivity index (χ0) is 21.0. The van der Waals surface area contributed by atoms with Crippen LogP contribution < -0.4 is 5.56 Å². The molecule has 1 amide bonds. The van der Waals surface area contributed by atoms with Crippen LogP contribution in [-0.4, -0.2) is 36.0 Å². The number of hydrogen-bond donors (Lipinski definition) is 1. The summed E-state index contributed by atoms with van der Waals surface area (Å²) in [6, 6.07) is 8.96. The Morgan fingerprint density at radius 2 is 2.07 bits per heavy atom. The van der Waals surface area contributed by atoms with E-state index in [0.717, 1.165) is 22.2 Å². The van der Waals surface area contributed by atoms with E-state index in [2.05, 4.69) is 9.97 Å². The molecule has 8 heteroatoms. The fraction of sp³-hybridized carbons (Fsp3) is 0.227. The number of benzene rings is 1. The number of fused-ring (bicyclic) bond motifs is 2. The molecule has 0 saturated carbocycles.